The lowest BCUT2D eigenvalue weighted by Gasteiger charge is -2.14. The fourth-order valence-electron chi connectivity index (χ4n) is 3.24. The number of benzene rings is 2. The number of rotatable bonds is 5. The number of nitrogens with zero attached hydrogens (tertiary/aromatic N) is 1. The molecule has 0 aromatic heterocycles. The van der Waals surface area contributed by atoms with E-state index in [4.69, 9.17) is 4.74 Å². The largest absolute Gasteiger partial charge is 0.447 e. The van der Waals surface area contributed by atoms with Crippen LogP contribution in [-0.4, -0.2) is 31.1 Å². The average Bonchev–Trinajstić information content (AvgIpc) is 3.27. The molecule has 1 heterocycles. The van der Waals surface area contributed by atoms with Gasteiger partial charge in [0, 0.05) is 28.5 Å². The van der Waals surface area contributed by atoms with Gasteiger partial charge in [0.15, 0.2) is 0 Å². The average molecular weight is 379 g/mol. The van der Waals surface area contributed by atoms with Gasteiger partial charge in [-0.3, -0.25) is 14.5 Å². The lowest BCUT2D eigenvalue weighted by Crippen LogP contribution is -2.23. The van der Waals surface area contributed by atoms with Gasteiger partial charge < -0.3 is 15.4 Å². The van der Waals surface area contributed by atoms with Gasteiger partial charge in [-0.2, -0.15) is 0 Å². The summed E-state index contributed by atoms with van der Waals surface area (Å²) in [6.07, 6.45) is 0.518. The lowest BCUT2D eigenvalue weighted by molar-refractivity contribution is -0.117. The van der Waals surface area contributed by atoms with Gasteiger partial charge in [0.2, 0.25) is 5.91 Å². The summed E-state index contributed by atoms with van der Waals surface area (Å²) in [4.78, 5) is 37.9. The number of carbonyl (C=O) groups is 3. The van der Waals surface area contributed by atoms with Gasteiger partial charge >= 0.3 is 6.09 Å². The van der Waals surface area contributed by atoms with Crippen LogP contribution in [0.15, 0.2) is 48.5 Å². The van der Waals surface area contributed by atoms with Crippen LogP contribution in [0.4, 0.5) is 21.9 Å². The topological polar surface area (TPSA) is 87.7 Å². The number of nitrogens with one attached hydrogen (secondary N) is 2. The Bertz CT molecular complexity index is 943. The van der Waals surface area contributed by atoms with Crippen molar-refractivity contribution >= 4 is 35.0 Å². The number of hydrogen-bond acceptors (Lipinski definition) is 4. The van der Waals surface area contributed by atoms with E-state index < -0.39 is 6.09 Å². The molecule has 1 saturated heterocycles. The highest BCUT2D eigenvalue weighted by Crippen LogP contribution is 2.38. The van der Waals surface area contributed by atoms with E-state index in [-0.39, 0.29) is 17.7 Å². The van der Waals surface area contributed by atoms with Crippen LogP contribution in [-0.2, 0) is 9.53 Å². The van der Waals surface area contributed by atoms with E-state index in [2.05, 4.69) is 10.6 Å². The quantitative estimate of drug-likeness (QED) is 0.832. The van der Waals surface area contributed by atoms with Crippen molar-refractivity contribution in [1.82, 2.24) is 0 Å². The summed E-state index contributed by atoms with van der Waals surface area (Å²) in [7, 11) is 0. The van der Waals surface area contributed by atoms with Gasteiger partial charge in [-0.05, 0) is 48.7 Å². The maximum absolute atomic E-state index is 12.6. The van der Waals surface area contributed by atoms with E-state index in [0.717, 1.165) is 6.42 Å². The van der Waals surface area contributed by atoms with Crippen LogP contribution in [0.2, 0.25) is 0 Å². The molecule has 0 radical (unpaired) electrons. The SMILES string of the molecule is C[C@H]1C[C@H]1C(=O)Nc1cccc(C(=O)Nc2cccc(N3CCOC3=O)c2)c1. The second kappa shape index (κ2) is 7.34. The van der Waals surface area contributed by atoms with Crippen LogP contribution < -0.4 is 15.5 Å². The fourth-order valence-corrected chi connectivity index (χ4v) is 3.24. The van der Waals surface area contributed by atoms with Crippen molar-refractivity contribution in [3.63, 3.8) is 0 Å². The van der Waals surface area contributed by atoms with Crippen molar-refractivity contribution in [2.45, 2.75) is 13.3 Å². The number of anilines is 3. The Balaban J connectivity index is 1.44. The van der Waals surface area contributed by atoms with Gasteiger partial charge in [-0.25, -0.2) is 4.79 Å². The summed E-state index contributed by atoms with van der Waals surface area (Å²) in [5, 5.41) is 5.70. The molecule has 7 heteroatoms. The van der Waals surface area contributed by atoms with Crippen molar-refractivity contribution in [2.24, 2.45) is 11.8 Å². The number of cyclic esters (lactones) is 1. The molecule has 2 aromatic rings. The van der Waals surface area contributed by atoms with Gasteiger partial charge in [-0.1, -0.05) is 19.1 Å². The summed E-state index contributed by atoms with van der Waals surface area (Å²) in [5.74, 6) is 0.191. The summed E-state index contributed by atoms with van der Waals surface area (Å²) in [6, 6.07) is 13.9. The molecule has 0 spiro atoms. The second-order valence-corrected chi connectivity index (χ2v) is 7.16. The normalized spacial score (nSPS) is 20.5. The van der Waals surface area contributed by atoms with E-state index in [9.17, 15) is 14.4 Å². The predicted molar refractivity (Wildman–Crippen MR) is 105 cm³/mol. The van der Waals surface area contributed by atoms with Gasteiger partial charge in [0.25, 0.3) is 5.91 Å². The number of amides is 3. The fraction of sp³-hybridized carbons (Fsp3) is 0.286. The molecular formula is C21H21N3O4. The van der Waals surface area contributed by atoms with Crippen molar-refractivity contribution in [3.05, 3.63) is 54.1 Å². The van der Waals surface area contributed by atoms with Crippen LogP contribution >= 0.6 is 0 Å². The number of hydrogen-bond donors (Lipinski definition) is 2. The molecule has 2 aliphatic rings. The predicted octanol–water partition coefficient (Wildman–Crippen LogP) is 3.49. The Morgan fingerprint density at radius 3 is 2.46 bits per heavy atom. The van der Waals surface area contributed by atoms with Gasteiger partial charge in [-0.15, -0.1) is 0 Å². The van der Waals surface area contributed by atoms with Crippen LogP contribution in [0.1, 0.15) is 23.7 Å². The molecule has 1 aliphatic carbocycles. The smallest absolute Gasteiger partial charge is 0.414 e. The third kappa shape index (κ3) is 3.83. The molecule has 0 unspecified atom stereocenters. The third-order valence-corrected chi connectivity index (χ3v) is 5.02. The summed E-state index contributed by atoms with van der Waals surface area (Å²) in [5.41, 5.74) is 2.28. The first-order chi connectivity index (χ1) is 13.5. The standard InChI is InChI=1S/C21H21N3O4/c1-13-10-18(13)20(26)23-15-5-2-4-14(11-15)19(25)22-16-6-3-7-17(12-16)24-8-9-28-21(24)27/h2-7,11-13,18H,8-10H2,1H3,(H,22,25)(H,23,26)/t13-,18+/m0/s1. The minimum absolute atomic E-state index is 0.00439. The Morgan fingerprint density at radius 1 is 1.07 bits per heavy atom. The maximum Gasteiger partial charge on any atom is 0.414 e. The van der Waals surface area contributed by atoms with Crippen molar-refractivity contribution in [2.75, 3.05) is 28.7 Å². The van der Waals surface area contributed by atoms with Crippen molar-refractivity contribution in [3.8, 4) is 0 Å². The first kappa shape index (κ1) is 18.0. The van der Waals surface area contributed by atoms with Crippen LogP contribution in [0.3, 0.4) is 0 Å². The summed E-state index contributed by atoms with van der Waals surface area (Å²) < 4.78 is 4.95. The highest BCUT2D eigenvalue weighted by atomic mass is 16.6. The third-order valence-electron chi connectivity index (χ3n) is 5.02. The highest BCUT2D eigenvalue weighted by Gasteiger charge is 2.39. The van der Waals surface area contributed by atoms with Crippen molar-refractivity contribution < 1.29 is 19.1 Å². The van der Waals surface area contributed by atoms with E-state index >= 15 is 0 Å². The molecule has 144 valence electrons. The molecule has 1 aliphatic heterocycles. The van der Waals surface area contributed by atoms with Crippen LogP contribution in [0, 0.1) is 11.8 Å². The first-order valence-electron chi connectivity index (χ1n) is 9.28. The molecule has 4 rings (SSSR count). The van der Waals surface area contributed by atoms with Crippen LogP contribution in [0.25, 0.3) is 0 Å². The molecule has 2 atom stereocenters. The Labute approximate surface area is 162 Å². The summed E-state index contributed by atoms with van der Waals surface area (Å²) in [6.45, 7) is 2.88. The van der Waals surface area contributed by atoms with E-state index in [1.807, 2.05) is 6.92 Å². The zero-order valence-electron chi connectivity index (χ0n) is 15.5. The monoisotopic (exact) mass is 379 g/mol. The zero-order valence-corrected chi connectivity index (χ0v) is 15.5. The Morgan fingerprint density at radius 2 is 1.79 bits per heavy atom. The Kier molecular flexibility index (Phi) is 4.73. The van der Waals surface area contributed by atoms with Crippen LogP contribution in [0.5, 0.6) is 0 Å². The number of ether oxygens (including phenoxy) is 1. The zero-order chi connectivity index (χ0) is 19.7. The maximum atomic E-state index is 12.6. The van der Waals surface area contributed by atoms with Gasteiger partial charge in [0.05, 0.1) is 6.54 Å². The molecule has 2 aromatic carbocycles. The molecule has 7 nitrogen and oxygen atoms in total. The first-order valence-corrected chi connectivity index (χ1v) is 9.28. The summed E-state index contributed by atoms with van der Waals surface area (Å²) >= 11 is 0. The van der Waals surface area contributed by atoms with Crippen molar-refractivity contribution in [1.29, 1.82) is 0 Å². The van der Waals surface area contributed by atoms with Gasteiger partial charge in [0.1, 0.15) is 6.61 Å². The lowest BCUT2D eigenvalue weighted by atomic mass is 10.1. The second-order valence-electron chi connectivity index (χ2n) is 7.16. The number of carbonyl (C=O) groups excluding carboxylic acids is 3. The molecule has 2 N–H and O–H groups in total. The molecule has 1 saturated carbocycles. The Hall–Kier alpha value is -3.35. The van der Waals surface area contributed by atoms with E-state index in [1.54, 1.807) is 48.5 Å². The minimum Gasteiger partial charge on any atom is -0.447 e. The molecule has 28 heavy (non-hydrogen) atoms. The molecule has 3 amide bonds. The highest BCUT2D eigenvalue weighted by molar-refractivity contribution is 6.06. The minimum atomic E-state index is -0.392. The van der Waals surface area contributed by atoms with E-state index in [0.29, 0.717) is 41.7 Å². The van der Waals surface area contributed by atoms with E-state index in [1.165, 1.54) is 4.90 Å². The molecule has 2 fully saturated rings. The molecule has 0 bridgehead atoms. The molecular weight excluding hydrogens is 358 g/mol.